The van der Waals surface area contributed by atoms with Gasteiger partial charge in [-0.05, 0) is 24.7 Å². The number of aryl methyl sites for hydroxylation is 1. The average molecular weight is 265 g/mol. The maximum absolute atomic E-state index is 11.3. The lowest BCUT2D eigenvalue weighted by Gasteiger charge is -2.05. The molecule has 0 atom stereocenters. The minimum Gasteiger partial charge on any atom is -0.299 e. The average Bonchev–Trinajstić information content (AvgIpc) is 2.72. The van der Waals surface area contributed by atoms with Crippen molar-refractivity contribution in [3.8, 4) is 11.5 Å². The van der Waals surface area contributed by atoms with E-state index in [1.165, 1.54) is 10.7 Å². The van der Waals surface area contributed by atoms with Crippen molar-refractivity contribution in [1.82, 2.24) is 24.5 Å². The number of aromatic amines is 1. The Morgan fingerprint density at radius 2 is 2.22 bits per heavy atom. The van der Waals surface area contributed by atoms with Gasteiger partial charge in [0.05, 0.1) is 0 Å². The summed E-state index contributed by atoms with van der Waals surface area (Å²) in [4.78, 5) is 11.3. The van der Waals surface area contributed by atoms with Crippen LogP contribution in [0.4, 0.5) is 0 Å². The van der Waals surface area contributed by atoms with Gasteiger partial charge in [-0.1, -0.05) is 13.3 Å². The van der Waals surface area contributed by atoms with E-state index in [1.807, 2.05) is 4.57 Å². The molecular weight excluding hydrogens is 250 g/mol. The van der Waals surface area contributed by atoms with Gasteiger partial charge in [0.15, 0.2) is 10.6 Å². The highest BCUT2D eigenvalue weighted by Gasteiger charge is 2.10. The van der Waals surface area contributed by atoms with Gasteiger partial charge in [0.2, 0.25) is 0 Å². The second-order valence-corrected chi connectivity index (χ2v) is 4.42. The number of hydrogen-bond donors (Lipinski definition) is 1. The number of hydrogen-bond acceptors (Lipinski definition) is 4. The highest BCUT2D eigenvalue weighted by atomic mass is 32.1. The normalized spacial score (nSPS) is 10.8. The maximum atomic E-state index is 11.3. The molecule has 0 amide bonds. The van der Waals surface area contributed by atoms with Crippen LogP contribution in [0.25, 0.3) is 11.5 Å². The van der Waals surface area contributed by atoms with E-state index in [2.05, 4.69) is 22.2 Å². The van der Waals surface area contributed by atoms with Gasteiger partial charge in [-0.2, -0.15) is 10.2 Å². The van der Waals surface area contributed by atoms with Crippen molar-refractivity contribution in [3.63, 3.8) is 0 Å². The fraction of sp³-hybridized carbons (Fsp3) is 0.455. The molecule has 18 heavy (non-hydrogen) atoms. The second-order valence-electron chi connectivity index (χ2n) is 4.04. The molecular formula is C11H15N5OS. The number of H-pyrrole nitrogens is 1. The fourth-order valence-corrected chi connectivity index (χ4v) is 1.88. The van der Waals surface area contributed by atoms with E-state index in [9.17, 15) is 4.79 Å². The molecule has 0 aromatic carbocycles. The number of aromatic nitrogens is 5. The minimum atomic E-state index is -0.145. The number of nitrogens with one attached hydrogen (secondary N) is 1. The van der Waals surface area contributed by atoms with Crippen LogP contribution in [-0.2, 0) is 13.6 Å². The van der Waals surface area contributed by atoms with Crippen molar-refractivity contribution in [1.29, 1.82) is 0 Å². The molecule has 96 valence electrons. The van der Waals surface area contributed by atoms with Crippen LogP contribution in [0.2, 0.25) is 0 Å². The molecule has 0 unspecified atom stereocenters. The van der Waals surface area contributed by atoms with E-state index >= 15 is 0 Å². The summed E-state index contributed by atoms with van der Waals surface area (Å²) in [6.07, 6.45) is 2.10. The Labute approximate surface area is 109 Å². The summed E-state index contributed by atoms with van der Waals surface area (Å²) < 4.78 is 3.78. The lowest BCUT2D eigenvalue weighted by molar-refractivity contribution is 0.624. The Hall–Kier alpha value is -1.76. The first-order valence-electron chi connectivity index (χ1n) is 5.83. The van der Waals surface area contributed by atoms with Crippen LogP contribution >= 0.6 is 12.2 Å². The van der Waals surface area contributed by atoms with Crippen molar-refractivity contribution in [3.05, 3.63) is 27.3 Å². The van der Waals surface area contributed by atoms with Gasteiger partial charge in [-0.3, -0.25) is 14.5 Å². The lowest BCUT2D eigenvalue weighted by Crippen LogP contribution is -2.18. The van der Waals surface area contributed by atoms with Crippen LogP contribution in [0.3, 0.4) is 0 Å². The van der Waals surface area contributed by atoms with E-state index in [0.29, 0.717) is 16.3 Å². The van der Waals surface area contributed by atoms with Crippen molar-refractivity contribution in [2.45, 2.75) is 26.3 Å². The molecule has 2 rings (SSSR count). The molecule has 0 aliphatic rings. The first-order valence-corrected chi connectivity index (χ1v) is 6.24. The van der Waals surface area contributed by atoms with Crippen LogP contribution in [0, 0.1) is 4.77 Å². The van der Waals surface area contributed by atoms with E-state index in [4.69, 9.17) is 12.2 Å². The first kappa shape index (κ1) is 12.7. The van der Waals surface area contributed by atoms with Crippen molar-refractivity contribution in [2.75, 3.05) is 0 Å². The SMILES string of the molecule is CCCCn1c(-c2ccc(=O)n(C)n2)n[nH]c1=S. The molecule has 0 aliphatic carbocycles. The van der Waals surface area contributed by atoms with Crippen LogP contribution in [-0.4, -0.2) is 24.5 Å². The summed E-state index contributed by atoms with van der Waals surface area (Å²) in [5.74, 6) is 0.670. The number of nitrogens with zero attached hydrogens (tertiary/aromatic N) is 4. The molecule has 0 saturated carbocycles. The van der Waals surface area contributed by atoms with Crippen LogP contribution in [0.5, 0.6) is 0 Å². The standard InChI is InChI=1S/C11H15N5OS/c1-3-4-7-16-10(12-13-11(16)18)8-5-6-9(17)15(2)14-8/h5-6H,3-4,7H2,1-2H3,(H,13,18). The monoisotopic (exact) mass is 265 g/mol. The third kappa shape index (κ3) is 2.40. The third-order valence-electron chi connectivity index (χ3n) is 2.68. The van der Waals surface area contributed by atoms with E-state index < -0.39 is 0 Å². The minimum absolute atomic E-state index is 0.145. The third-order valence-corrected chi connectivity index (χ3v) is 2.99. The summed E-state index contributed by atoms with van der Waals surface area (Å²) in [7, 11) is 1.61. The number of unbranched alkanes of at least 4 members (excludes halogenated alkanes) is 1. The van der Waals surface area contributed by atoms with Gasteiger partial charge in [-0.15, -0.1) is 0 Å². The van der Waals surface area contributed by atoms with Crippen LogP contribution in [0.1, 0.15) is 19.8 Å². The highest BCUT2D eigenvalue weighted by Crippen LogP contribution is 2.13. The predicted octanol–water partition coefficient (Wildman–Crippen LogP) is 1.50. The van der Waals surface area contributed by atoms with Gasteiger partial charge in [0.25, 0.3) is 5.56 Å². The molecule has 0 aliphatic heterocycles. The number of rotatable bonds is 4. The smallest absolute Gasteiger partial charge is 0.266 e. The fourth-order valence-electron chi connectivity index (χ4n) is 1.66. The van der Waals surface area contributed by atoms with Gasteiger partial charge in [0.1, 0.15) is 5.69 Å². The van der Waals surface area contributed by atoms with E-state index in [0.717, 1.165) is 19.4 Å². The van der Waals surface area contributed by atoms with E-state index in [-0.39, 0.29) is 5.56 Å². The van der Waals surface area contributed by atoms with Crippen molar-refractivity contribution in [2.24, 2.45) is 7.05 Å². The molecule has 1 N–H and O–H groups in total. The molecule has 0 radical (unpaired) electrons. The summed E-state index contributed by atoms with van der Waals surface area (Å²) in [5.41, 5.74) is 0.494. The predicted molar refractivity (Wildman–Crippen MR) is 70.8 cm³/mol. The van der Waals surface area contributed by atoms with Gasteiger partial charge in [-0.25, -0.2) is 4.68 Å². The molecule has 7 heteroatoms. The van der Waals surface area contributed by atoms with Gasteiger partial charge in [0, 0.05) is 19.7 Å². The summed E-state index contributed by atoms with van der Waals surface area (Å²) in [5, 5.41) is 11.1. The van der Waals surface area contributed by atoms with Crippen molar-refractivity contribution >= 4 is 12.2 Å². The molecule has 2 heterocycles. The Kier molecular flexibility index (Phi) is 3.71. The Bertz CT molecular complexity index is 654. The zero-order chi connectivity index (χ0) is 13.1. The maximum Gasteiger partial charge on any atom is 0.266 e. The molecule has 6 nitrogen and oxygen atoms in total. The molecule has 0 fully saturated rings. The molecule has 0 saturated heterocycles. The van der Waals surface area contributed by atoms with Gasteiger partial charge >= 0.3 is 0 Å². The van der Waals surface area contributed by atoms with Gasteiger partial charge < -0.3 is 0 Å². The molecule has 2 aromatic rings. The molecule has 0 spiro atoms. The van der Waals surface area contributed by atoms with Crippen molar-refractivity contribution < 1.29 is 0 Å². The zero-order valence-electron chi connectivity index (χ0n) is 10.4. The Morgan fingerprint density at radius 3 is 2.89 bits per heavy atom. The lowest BCUT2D eigenvalue weighted by atomic mass is 10.3. The zero-order valence-corrected chi connectivity index (χ0v) is 11.2. The Morgan fingerprint density at radius 1 is 1.44 bits per heavy atom. The first-order chi connectivity index (χ1) is 8.63. The summed E-state index contributed by atoms with van der Waals surface area (Å²) in [6.45, 7) is 2.92. The topological polar surface area (TPSA) is 68.5 Å². The van der Waals surface area contributed by atoms with Crippen LogP contribution < -0.4 is 5.56 Å². The summed E-state index contributed by atoms with van der Waals surface area (Å²) >= 11 is 5.19. The largest absolute Gasteiger partial charge is 0.299 e. The second kappa shape index (κ2) is 5.26. The highest BCUT2D eigenvalue weighted by molar-refractivity contribution is 7.71. The summed E-state index contributed by atoms with van der Waals surface area (Å²) in [6, 6.07) is 3.14. The molecule has 2 aromatic heterocycles. The van der Waals surface area contributed by atoms with Crippen LogP contribution in [0.15, 0.2) is 16.9 Å². The molecule has 0 bridgehead atoms. The Balaban J connectivity index is 2.47. The quantitative estimate of drug-likeness (QED) is 0.851. The van der Waals surface area contributed by atoms with E-state index in [1.54, 1.807) is 13.1 Å².